The van der Waals surface area contributed by atoms with Gasteiger partial charge in [-0.2, -0.15) is 0 Å². The molecule has 7 nitrogen and oxygen atoms in total. The van der Waals surface area contributed by atoms with E-state index in [9.17, 15) is 19.9 Å². The Balaban J connectivity index is 2.26. The summed E-state index contributed by atoms with van der Waals surface area (Å²) in [6.45, 7) is 0. The van der Waals surface area contributed by atoms with E-state index >= 15 is 0 Å². The van der Waals surface area contributed by atoms with Gasteiger partial charge in [0.2, 0.25) is 0 Å². The van der Waals surface area contributed by atoms with Crippen LogP contribution in [0.25, 0.3) is 0 Å². The van der Waals surface area contributed by atoms with E-state index in [0.29, 0.717) is 0 Å². The van der Waals surface area contributed by atoms with Crippen LogP contribution < -0.4 is 5.09 Å². The first-order chi connectivity index (χ1) is 10.2. The zero-order valence-electron chi connectivity index (χ0n) is 11.4. The SMILES string of the molecule is O=P(O)(O)Nc1cc(O)ccc1C(O)Cc1ccc(O)cc1. The lowest BCUT2D eigenvalue weighted by Crippen LogP contribution is -2.06. The molecule has 0 fully saturated rings. The number of benzene rings is 2. The Morgan fingerprint density at radius 2 is 1.59 bits per heavy atom. The van der Waals surface area contributed by atoms with Crippen molar-refractivity contribution in [2.24, 2.45) is 0 Å². The van der Waals surface area contributed by atoms with Crippen LogP contribution in [0, 0.1) is 0 Å². The van der Waals surface area contributed by atoms with Gasteiger partial charge in [0.25, 0.3) is 0 Å². The Morgan fingerprint density at radius 1 is 1.00 bits per heavy atom. The zero-order chi connectivity index (χ0) is 16.3. The number of anilines is 1. The third kappa shape index (κ3) is 4.47. The fourth-order valence-corrected chi connectivity index (χ4v) is 2.56. The highest BCUT2D eigenvalue weighted by Gasteiger charge is 2.19. The van der Waals surface area contributed by atoms with Gasteiger partial charge in [-0.1, -0.05) is 18.2 Å². The van der Waals surface area contributed by atoms with Crippen LogP contribution in [0.3, 0.4) is 0 Å². The van der Waals surface area contributed by atoms with Gasteiger partial charge in [0.1, 0.15) is 11.5 Å². The molecule has 2 aromatic rings. The molecule has 0 saturated heterocycles. The van der Waals surface area contributed by atoms with Gasteiger partial charge in [-0.25, -0.2) is 4.57 Å². The highest BCUT2D eigenvalue weighted by molar-refractivity contribution is 7.53. The number of phenolic OH excluding ortho intramolecular Hbond substituents is 2. The average Bonchev–Trinajstić information content (AvgIpc) is 2.39. The topological polar surface area (TPSA) is 130 Å². The molecule has 0 aliphatic heterocycles. The van der Waals surface area contributed by atoms with Gasteiger partial charge in [-0.05, 0) is 23.8 Å². The van der Waals surface area contributed by atoms with Crippen LogP contribution in [0.15, 0.2) is 42.5 Å². The van der Waals surface area contributed by atoms with Crippen LogP contribution in [0.5, 0.6) is 11.5 Å². The molecule has 0 aliphatic carbocycles. The van der Waals surface area contributed by atoms with Gasteiger partial charge in [0.05, 0.1) is 11.8 Å². The monoisotopic (exact) mass is 325 g/mol. The summed E-state index contributed by atoms with van der Waals surface area (Å²) in [4.78, 5) is 18.0. The molecule has 8 heteroatoms. The number of nitrogens with one attached hydrogen (secondary N) is 1. The van der Waals surface area contributed by atoms with Gasteiger partial charge in [0, 0.05) is 18.1 Å². The molecule has 0 aliphatic rings. The molecular formula is C14H16NO6P. The van der Waals surface area contributed by atoms with E-state index in [2.05, 4.69) is 0 Å². The fourth-order valence-electron chi connectivity index (χ4n) is 2.05. The Labute approximate surface area is 126 Å². The minimum absolute atomic E-state index is 0.0420. The van der Waals surface area contributed by atoms with Crippen molar-refractivity contribution in [2.45, 2.75) is 12.5 Å². The summed E-state index contributed by atoms with van der Waals surface area (Å²) in [6.07, 6.45) is -0.861. The van der Waals surface area contributed by atoms with Crippen molar-refractivity contribution < 1.29 is 29.7 Å². The first kappa shape index (κ1) is 16.3. The minimum atomic E-state index is -4.57. The number of hydrogen-bond donors (Lipinski definition) is 6. The lowest BCUT2D eigenvalue weighted by Gasteiger charge is -2.18. The number of rotatable bonds is 5. The molecule has 0 bridgehead atoms. The molecule has 0 radical (unpaired) electrons. The van der Waals surface area contributed by atoms with Crippen molar-refractivity contribution >= 4 is 13.4 Å². The second-order valence-corrected chi connectivity index (χ2v) is 6.13. The van der Waals surface area contributed by atoms with Gasteiger partial charge in [-0.15, -0.1) is 0 Å². The number of aromatic hydroxyl groups is 2. The Morgan fingerprint density at radius 3 is 2.18 bits per heavy atom. The van der Waals surface area contributed by atoms with E-state index in [-0.39, 0.29) is 29.2 Å². The molecule has 2 rings (SSSR count). The lowest BCUT2D eigenvalue weighted by atomic mass is 10.00. The summed E-state index contributed by atoms with van der Waals surface area (Å²) < 4.78 is 11.1. The van der Waals surface area contributed by atoms with Crippen LogP contribution in [0.1, 0.15) is 17.2 Å². The summed E-state index contributed by atoms with van der Waals surface area (Å²) in [7, 11) is -4.57. The largest absolute Gasteiger partial charge is 0.508 e. The van der Waals surface area contributed by atoms with E-state index in [1.165, 1.54) is 24.3 Å². The van der Waals surface area contributed by atoms with Crippen LogP contribution in [0.2, 0.25) is 0 Å². The van der Waals surface area contributed by atoms with Crippen LogP contribution in [0.4, 0.5) is 5.69 Å². The zero-order valence-corrected chi connectivity index (χ0v) is 12.3. The maximum absolute atomic E-state index is 11.1. The number of hydrogen-bond acceptors (Lipinski definition) is 4. The van der Waals surface area contributed by atoms with E-state index < -0.39 is 13.9 Å². The van der Waals surface area contributed by atoms with Crippen molar-refractivity contribution in [3.05, 3.63) is 53.6 Å². The van der Waals surface area contributed by atoms with Crippen LogP contribution in [-0.4, -0.2) is 25.1 Å². The summed E-state index contributed by atoms with van der Waals surface area (Å²) in [6, 6.07) is 10.1. The smallest absolute Gasteiger partial charge is 0.427 e. The van der Waals surface area contributed by atoms with Crippen molar-refractivity contribution in [3.8, 4) is 11.5 Å². The summed E-state index contributed by atoms with van der Waals surface area (Å²) in [5.41, 5.74) is 0.939. The van der Waals surface area contributed by atoms with E-state index in [1.807, 2.05) is 5.09 Å². The molecule has 0 heterocycles. The highest BCUT2D eigenvalue weighted by atomic mass is 31.2. The molecule has 6 N–H and O–H groups in total. The summed E-state index contributed by atoms with van der Waals surface area (Å²) in [5, 5.41) is 30.9. The number of aliphatic hydroxyl groups excluding tert-OH is 1. The van der Waals surface area contributed by atoms with E-state index in [1.54, 1.807) is 12.1 Å². The maximum Gasteiger partial charge on any atom is 0.427 e. The normalized spacial score (nSPS) is 12.9. The highest BCUT2D eigenvalue weighted by Crippen LogP contribution is 2.40. The Bertz CT molecular complexity index is 697. The van der Waals surface area contributed by atoms with Crippen LogP contribution in [-0.2, 0) is 11.0 Å². The first-order valence-corrected chi connectivity index (χ1v) is 7.98. The molecule has 0 aromatic heterocycles. The van der Waals surface area contributed by atoms with Crippen molar-refractivity contribution in [1.82, 2.24) is 0 Å². The number of phenols is 2. The molecule has 1 atom stereocenters. The standard InChI is InChI=1S/C14H16NO6P/c16-10-3-1-9(2-4-10)7-14(18)12-6-5-11(17)8-13(12)15-22(19,20)21/h1-6,8,14,16-18H,7H2,(H3,15,19,20,21). The van der Waals surface area contributed by atoms with Gasteiger partial charge >= 0.3 is 7.75 Å². The number of aliphatic hydroxyl groups is 1. The Hall–Kier alpha value is -2.05. The predicted molar refractivity (Wildman–Crippen MR) is 80.5 cm³/mol. The average molecular weight is 325 g/mol. The second-order valence-electron chi connectivity index (χ2n) is 4.81. The van der Waals surface area contributed by atoms with Crippen LogP contribution >= 0.6 is 7.75 Å². The summed E-state index contributed by atoms with van der Waals surface area (Å²) >= 11 is 0. The molecule has 1 unspecified atom stereocenters. The van der Waals surface area contributed by atoms with Crippen molar-refractivity contribution in [2.75, 3.05) is 5.09 Å². The first-order valence-electron chi connectivity index (χ1n) is 6.37. The molecule has 0 amide bonds. The molecule has 0 saturated carbocycles. The third-order valence-corrected chi connectivity index (χ3v) is 3.56. The maximum atomic E-state index is 11.1. The van der Waals surface area contributed by atoms with Gasteiger partial charge in [0.15, 0.2) is 0 Å². The van der Waals surface area contributed by atoms with Gasteiger partial charge in [-0.3, -0.25) is 5.09 Å². The van der Waals surface area contributed by atoms with E-state index in [0.717, 1.165) is 11.6 Å². The quantitative estimate of drug-likeness (QED) is 0.463. The fraction of sp³-hybridized carbons (Fsp3) is 0.143. The van der Waals surface area contributed by atoms with Crippen molar-refractivity contribution in [1.29, 1.82) is 0 Å². The molecule has 118 valence electrons. The third-order valence-electron chi connectivity index (χ3n) is 3.03. The van der Waals surface area contributed by atoms with Gasteiger partial charge < -0.3 is 25.1 Å². The van der Waals surface area contributed by atoms with Crippen molar-refractivity contribution in [3.63, 3.8) is 0 Å². The molecular weight excluding hydrogens is 309 g/mol. The second kappa shape index (κ2) is 6.37. The lowest BCUT2D eigenvalue weighted by molar-refractivity contribution is 0.179. The summed E-state index contributed by atoms with van der Waals surface area (Å²) in [5.74, 6) is -0.0803. The Kier molecular flexibility index (Phi) is 4.73. The van der Waals surface area contributed by atoms with E-state index in [4.69, 9.17) is 9.79 Å². The predicted octanol–water partition coefficient (Wildman–Crippen LogP) is 1.88. The molecule has 0 spiro atoms. The molecule has 2 aromatic carbocycles. The minimum Gasteiger partial charge on any atom is -0.508 e. The molecule has 22 heavy (non-hydrogen) atoms.